The van der Waals surface area contributed by atoms with Gasteiger partial charge in [-0.3, -0.25) is 0 Å². The molecule has 0 spiro atoms. The molecule has 3 rings (SSSR count). The van der Waals surface area contributed by atoms with Gasteiger partial charge in [0.05, 0.1) is 23.0 Å². The Labute approximate surface area is 121 Å². The monoisotopic (exact) mass is 286 g/mol. The molecule has 0 bridgehead atoms. The fourth-order valence-corrected chi connectivity index (χ4v) is 2.75. The van der Waals surface area contributed by atoms with Crippen molar-refractivity contribution >= 4 is 11.8 Å². The smallest absolute Gasteiger partial charge is 0.169 e. The van der Waals surface area contributed by atoms with Crippen molar-refractivity contribution in [2.75, 3.05) is 0 Å². The van der Waals surface area contributed by atoms with Crippen LogP contribution < -0.4 is 0 Å². The van der Waals surface area contributed by atoms with E-state index in [4.69, 9.17) is 4.42 Å². The van der Waals surface area contributed by atoms with E-state index in [0.717, 1.165) is 23.0 Å². The highest BCUT2D eigenvalue weighted by Gasteiger charge is 2.16. The van der Waals surface area contributed by atoms with Crippen LogP contribution in [0.3, 0.4) is 0 Å². The average molecular weight is 286 g/mol. The van der Waals surface area contributed by atoms with E-state index < -0.39 is 0 Å². The second-order valence-corrected chi connectivity index (χ2v) is 5.65. The van der Waals surface area contributed by atoms with E-state index in [1.165, 1.54) is 0 Å². The molecule has 0 fully saturated rings. The van der Waals surface area contributed by atoms with E-state index >= 15 is 0 Å². The normalized spacial score (nSPS) is 12.4. The fraction of sp³-hybridized carbons (Fsp3) is 0.214. The molecule has 5 nitrogen and oxygen atoms in total. The van der Waals surface area contributed by atoms with Gasteiger partial charge in [0.1, 0.15) is 5.76 Å². The van der Waals surface area contributed by atoms with Gasteiger partial charge in [0.2, 0.25) is 0 Å². The standard InChI is InChI=1S/C14H14N4OS/c1-11(20-10-13-8-5-9-19-13)14-15-16-17-18(14)12-6-3-2-4-7-12/h2-9,11H,10H2,1H3/t11-/m1/s1. The van der Waals surface area contributed by atoms with Crippen LogP contribution in [0.25, 0.3) is 5.69 Å². The molecule has 0 saturated heterocycles. The minimum Gasteiger partial charge on any atom is -0.468 e. The van der Waals surface area contributed by atoms with Crippen molar-refractivity contribution in [3.8, 4) is 5.69 Å². The third-order valence-corrected chi connectivity index (χ3v) is 4.08. The topological polar surface area (TPSA) is 56.7 Å². The van der Waals surface area contributed by atoms with Gasteiger partial charge in [0, 0.05) is 0 Å². The van der Waals surface area contributed by atoms with Crippen LogP contribution in [0.15, 0.2) is 53.1 Å². The number of tetrazole rings is 1. The maximum absolute atomic E-state index is 5.34. The third kappa shape index (κ3) is 2.75. The van der Waals surface area contributed by atoms with Gasteiger partial charge >= 0.3 is 0 Å². The molecule has 0 amide bonds. The number of aromatic nitrogens is 4. The van der Waals surface area contributed by atoms with Crippen LogP contribution in [0.2, 0.25) is 0 Å². The van der Waals surface area contributed by atoms with Crippen LogP contribution in [0.4, 0.5) is 0 Å². The molecule has 2 aromatic heterocycles. The zero-order valence-electron chi connectivity index (χ0n) is 11.0. The molecule has 1 aromatic carbocycles. The number of rotatable bonds is 5. The Balaban J connectivity index is 1.75. The summed E-state index contributed by atoms with van der Waals surface area (Å²) >= 11 is 1.74. The molecule has 0 aliphatic carbocycles. The Hall–Kier alpha value is -2.08. The number of nitrogens with zero attached hydrogens (tertiary/aromatic N) is 4. The summed E-state index contributed by atoms with van der Waals surface area (Å²) in [6.07, 6.45) is 1.69. The van der Waals surface area contributed by atoms with Crippen molar-refractivity contribution in [2.24, 2.45) is 0 Å². The van der Waals surface area contributed by atoms with Crippen LogP contribution >= 0.6 is 11.8 Å². The minimum absolute atomic E-state index is 0.176. The average Bonchev–Trinajstić information content (AvgIpc) is 3.17. The highest BCUT2D eigenvalue weighted by molar-refractivity contribution is 7.98. The molecule has 20 heavy (non-hydrogen) atoms. The Morgan fingerprint density at radius 2 is 2.05 bits per heavy atom. The summed E-state index contributed by atoms with van der Waals surface area (Å²) in [6.45, 7) is 2.10. The predicted molar refractivity (Wildman–Crippen MR) is 77.6 cm³/mol. The van der Waals surface area contributed by atoms with E-state index in [-0.39, 0.29) is 5.25 Å². The lowest BCUT2D eigenvalue weighted by atomic mass is 10.3. The van der Waals surface area contributed by atoms with Gasteiger partial charge in [-0.05, 0) is 41.6 Å². The van der Waals surface area contributed by atoms with Crippen molar-refractivity contribution in [1.82, 2.24) is 20.2 Å². The Morgan fingerprint density at radius 1 is 1.20 bits per heavy atom. The molecular formula is C14H14N4OS. The number of hydrogen-bond donors (Lipinski definition) is 0. The van der Waals surface area contributed by atoms with Crippen molar-refractivity contribution in [2.45, 2.75) is 17.9 Å². The van der Waals surface area contributed by atoms with E-state index in [2.05, 4.69) is 22.4 Å². The minimum atomic E-state index is 0.176. The molecule has 0 N–H and O–H groups in total. The number of benzene rings is 1. The first-order valence-corrected chi connectivity index (χ1v) is 7.37. The Morgan fingerprint density at radius 3 is 2.80 bits per heavy atom. The first kappa shape index (κ1) is 12.9. The first-order chi connectivity index (χ1) is 9.84. The maximum Gasteiger partial charge on any atom is 0.169 e. The highest BCUT2D eigenvalue weighted by Crippen LogP contribution is 2.30. The summed E-state index contributed by atoms with van der Waals surface area (Å²) in [6, 6.07) is 13.8. The number of thioether (sulfide) groups is 1. The van der Waals surface area contributed by atoms with Gasteiger partial charge in [0.15, 0.2) is 5.82 Å². The quantitative estimate of drug-likeness (QED) is 0.720. The second-order valence-electron chi connectivity index (χ2n) is 4.32. The van der Waals surface area contributed by atoms with Crippen molar-refractivity contribution in [1.29, 1.82) is 0 Å². The van der Waals surface area contributed by atoms with Crippen molar-refractivity contribution in [3.05, 3.63) is 60.3 Å². The number of furan rings is 1. The molecule has 0 aliphatic heterocycles. The van der Waals surface area contributed by atoms with Gasteiger partial charge in [0.25, 0.3) is 0 Å². The summed E-state index contributed by atoms with van der Waals surface area (Å²) in [4.78, 5) is 0. The molecular weight excluding hydrogens is 272 g/mol. The zero-order valence-corrected chi connectivity index (χ0v) is 11.8. The van der Waals surface area contributed by atoms with Crippen LogP contribution in [0.1, 0.15) is 23.8 Å². The SMILES string of the molecule is C[C@@H](SCc1ccco1)c1nnnn1-c1ccccc1. The lowest BCUT2D eigenvalue weighted by Gasteiger charge is -2.10. The lowest BCUT2D eigenvalue weighted by molar-refractivity contribution is 0.530. The molecule has 6 heteroatoms. The summed E-state index contributed by atoms with van der Waals surface area (Å²) in [5.74, 6) is 2.60. The van der Waals surface area contributed by atoms with Gasteiger partial charge in [-0.1, -0.05) is 18.2 Å². The van der Waals surface area contributed by atoms with Crippen molar-refractivity contribution < 1.29 is 4.42 Å². The van der Waals surface area contributed by atoms with Gasteiger partial charge in [-0.2, -0.15) is 4.68 Å². The van der Waals surface area contributed by atoms with E-state index in [1.54, 1.807) is 22.7 Å². The molecule has 0 aliphatic rings. The van der Waals surface area contributed by atoms with Crippen LogP contribution in [-0.4, -0.2) is 20.2 Å². The second kappa shape index (κ2) is 5.92. The van der Waals surface area contributed by atoms with Gasteiger partial charge in [-0.15, -0.1) is 16.9 Å². The predicted octanol–water partition coefficient (Wildman–Crippen LogP) is 3.25. The molecule has 3 aromatic rings. The molecule has 0 unspecified atom stereocenters. The van der Waals surface area contributed by atoms with E-state index in [1.807, 2.05) is 42.5 Å². The summed E-state index contributed by atoms with van der Waals surface area (Å²) in [7, 11) is 0. The largest absolute Gasteiger partial charge is 0.468 e. The fourth-order valence-electron chi connectivity index (χ4n) is 1.88. The summed E-state index contributed by atoms with van der Waals surface area (Å²) in [5.41, 5.74) is 0.970. The van der Waals surface area contributed by atoms with Gasteiger partial charge < -0.3 is 4.42 Å². The maximum atomic E-state index is 5.34. The van der Waals surface area contributed by atoms with E-state index in [0.29, 0.717) is 0 Å². The Kier molecular flexibility index (Phi) is 3.83. The number of para-hydroxylation sites is 1. The van der Waals surface area contributed by atoms with Crippen LogP contribution in [0, 0.1) is 0 Å². The van der Waals surface area contributed by atoms with E-state index in [9.17, 15) is 0 Å². The van der Waals surface area contributed by atoms with Gasteiger partial charge in [-0.25, -0.2) is 0 Å². The Bertz CT molecular complexity index is 651. The van der Waals surface area contributed by atoms with Crippen molar-refractivity contribution in [3.63, 3.8) is 0 Å². The molecule has 0 radical (unpaired) electrons. The summed E-state index contributed by atoms with van der Waals surface area (Å²) in [5, 5.41) is 12.2. The molecule has 0 saturated carbocycles. The highest BCUT2D eigenvalue weighted by atomic mass is 32.2. The number of hydrogen-bond acceptors (Lipinski definition) is 5. The van der Waals surface area contributed by atoms with Crippen LogP contribution in [-0.2, 0) is 5.75 Å². The zero-order chi connectivity index (χ0) is 13.8. The lowest BCUT2D eigenvalue weighted by Crippen LogP contribution is -2.05. The first-order valence-electron chi connectivity index (χ1n) is 6.32. The molecule has 102 valence electrons. The molecule has 1 atom stereocenters. The molecule has 2 heterocycles. The summed E-state index contributed by atoms with van der Waals surface area (Å²) < 4.78 is 7.11. The third-order valence-electron chi connectivity index (χ3n) is 2.91. The van der Waals surface area contributed by atoms with Crippen LogP contribution in [0.5, 0.6) is 0 Å².